The molecule has 0 saturated heterocycles. The van der Waals surface area contributed by atoms with E-state index in [1.54, 1.807) is 14.2 Å². The number of hydrogen-bond donors (Lipinski definition) is 1. The molecule has 0 saturated carbocycles. The maximum atomic E-state index is 5.53. The predicted octanol–water partition coefficient (Wildman–Crippen LogP) is 3.33. The van der Waals surface area contributed by atoms with Gasteiger partial charge in [0.2, 0.25) is 0 Å². The van der Waals surface area contributed by atoms with Crippen molar-refractivity contribution in [1.29, 1.82) is 0 Å². The van der Waals surface area contributed by atoms with Crippen LogP contribution in [0.15, 0.2) is 48.5 Å². The van der Waals surface area contributed by atoms with Crippen molar-refractivity contribution in [3.63, 3.8) is 0 Å². The van der Waals surface area contributed by atoms with E-state index in [-0.39, 0.29) is 0 Å². The highest BCUT2D eigenvalue weighted by atomic mass is 16.5. The summed E-state index contributed by atoms with van der Waals surface area (Å²) in [4.78, 5) is 0. The zero-order valence-corrected chi connectivity index (χ0v) is 12.5. The molecule has 2 rings (SSSR count). The lowest BCUT2D eigenvalue weighted by Crippen LogP contribution is -2.04. The summed E-state index contributed by atoms with van der Waals surface area (Å²) in [6.07, 6.45) is 0. The van der Waals surface area contributed by atoms with Gasteiger partial charge in [-0.05, 0) is 30.3 Å². The van der Waals surface area contributed by atoms with E-state index in [0.717, 1.165) is 22.7 Å². The summed E-state index contributed by atoms with van der Waals surface area (Å²) in [5, 5.41) is 3.37. The van der Waals surface area contributed by atoms with Crippen molar-refractivity contribution >= 4 is 5.69 Å². The molecule has 0 aliphatic carbocycles. The quantitative estimate of drug-likeness (QED) is 0.756. The smallest absolute Gasteiger partial charge is 0.123 e. The summed E-state index contributed by atoms with van der Waals surface area (Å²) in [6, 6.07) is 15.9. The van der Waals surface area contributed by atoms with Crippen LogP contribution in [-0.2, 0) is 11.3 Å². The predicted molar refractivity (Wildman–Crippen MR) is 84.1 cm³/mol. The third-order valence-corrected chi connectivity index (χ3v) is 3.09. The minimum absolute atomic E-state index is 0.560. The van der Waals surface area contributed by atoms with Crippen LogP contribution >= 0.6 is 0 Å². The minimum Gasteiger partial charge on any atom is -0.496 e. The molecule has 0 atom stereocenters. The average molecular weight is 287 g/mol. The summed E-state index contributed by atoms with van der Waals surface area (Å²) < 4.78 is 15.8. The first-order valence-electron chi connectivity index (χ1n) is 6.91. The number of ether oxygens (including phenoxy) is 3. The molecule has 21 heavy (non-hydrogen) atoms. The second kappa shape index (κ2) is 8.17. The Hall–Kier alpha value is -2.20. The number of benzene rings is 2. The Kier molecular flexibility index (Phi) is 5.91. The molecule has 0 unspecified atom stereocenters. The molecule has 0 aromatic heterocycles. The molecule has 2 aromatic rings. The molecule has 0 spiro atoms. The van der Waals surface area contributed by atoms with E-state index < -0.39 is 0 Å². The molecule has 0 radical (unpaired) electrons. The van der Waals surface area contributed by atoms with E-state index in [2.05, 4.69) is 5.32 Å². The third-order valence-electron chi connectivity index (χ3n) is 3.09. The van der Waals surface area contributed by atoms with Gasteiger partial charge in [0, 0.05) is 24.9 Å². The summed E-state index contributed by atoms with van der Waals surface area (Å²) >= 11 is 0. The lowest BCUT2D eigenvalue weighted by Gasteiger charge is -2.11. The van der Waals surface area contributed by atoms with E-state index in [1.165, 1.54) is 0 Å². The van der Waals surface area contributed by atoms with Crippen LogP contribution in [0.4, 0.5) is 5.69 Å². The van der Waals surface area contributed by atoms with Gasteiger partial charge in [-0.1, -0.05) is 18.2 Å². The molecule has 4 nitrogen and oxygen atoms in total. The van der Waals surface area contributed by atoms with E-state index in [1.807, 2.05) is 48.5 Å². The standard InChI is InChI=1S/C17H21NO3/c1-19-11-12-21-16-9-7-15(8-10-16)18-13-14-5-3-4-6-17(14)20-2/h3-10,18H,11-13H2,1-2H3. The van der Waals surface area contributed by atoms with Crippen molar-refractivity contribution in [3.8, 4) is 11.5 Å². The lowest BCUT2D eigenvalue weighted by molar-refractivity contribution is 0.146. The molecular formula is C17H21NO3. The van der Waals surface area contributed by atoms with Crippen LogP contribution in [0.1, 0.15) is 5.56 Å². The topological polar surface area (TPSA) is 39.7 Å². The van der Waals surface area contributed by atoms with E-state index in [4.69, 9.17) is 14.2 Å². The lowest BCUT2D eigenvalue weighted by atomic mass is 10.2. The van der Waals surface area contributed by atoms with Crippen molar-refractivity contribution in [2.75, 3.05) is 32.8 Å². The fraction of sp³-hybridized carbons (Fsp3) is 0.294. The first kappa shape index (κ1) is 15.2. The van der Waals surface area contributed by atoms with Crippen LogP contribution in [0.25, 0.3) is 0 Å². The Morgan fingerprint density at radius 3 is 2.38 bits per heavy atom. The Morgan fingerprint density at radius 2 is 1.67 bits per heavy atom. The van der Waals surface area contributed by atoms with Gasteiger partial charge >= 0.3 is 0 Å². The van der Waals surface area contributed by atoms with Gasteiger partial charge in [-0.25, -0.2) is 0 Å². The van der Waals surface area contributed by atoms with Crippen LogP contribution in [0.2, 0.25) is 0 Å². The highest BCUT2D eigenvalue weighted by molar-refractivity contribution is 5.47. The highest BCUT2D eigenvalue weighted by Gasteiger charge is 2.01. The average Bonchev–Trinajstić information content (AvgIpc) is 2.54. The van der Waals surface area contributed by atoms with Crippen LogP contribution in [0, 0.1) is 0 Å². The Bertz CT molecular complexity index is 540. The van der Waals surface area contributed by atoms with E-state index in [0.29, 0.717) is 19.8 Å². The number of methoxy groups -OCH3 is 2. The molecular weight excluding hydrogens is 266 g/mol. The van der Waals surface area contributed by atoms with Crippen LogP contribution in [-0.4, -0.2) is 27.4 Å². The second-order valence-corrected chi connectivity index (χ2v) is 4.53. The SMILES string of the molecule is COCCOc1ccc(NCc2ccccc2OC)cc1. The summed E-state index contributed by atoms with van der Waals surface area (Å²) in [5.41, 5.74) is 2.17. The number of hydrogen-bond acceptors (Lipinski definition) is 4. The van der Waals surface area contributed by atoms with Crippen molar-refractivity contribution in [2.24, 2.45) is 0 Å². The minimum atomic E-state index is 0.560. The van der Waals surface area contributed by atoms with Crippen LogP contribution < -0.4 is 14.8 Å². The molecule has 4 heteroatoms. The molecule has 1 N–H and O–H groups in total. The van der Waals surface area contributed by atoms with Crippen molar-refractivity contribution in [2.45, 2.75) is 6.54 Å². The summed E-state index contributed by atoms with van der Waals surface area (Å²) in [6.45, 7) is 1.87. The van der Waals surface area contributed by atoms with Crippen molar-refractivity contribution in [3.05, 3.63) is 54.1 Å². The van der Waals surface area contributed by atoms with Crippen LogP contribution in [0.3, 0.4) is 0 Å². The molecule has 0 bridgehead atoms. The van der Waals surface area contributed by atoms with Gasteiger partial charge in [0.15, 0.2) is 0 Å². The van der Waals surface area contributed by atoms with Gasteiger partial charge < -0.3 is 19.5 Å². The van der Waals surface area contributed by atoms with Gasteiger partial charge in [0.25, 0.3) is 0 Å². The third kappa shape index (κ3) is 4.68. The zero-order chi connectivity index (χ0) is 14.9. The van der Waals surface area contributed by atoms with Gasteiger partial charge in [-0.3, -0.25) is 0 Å². The fourth-order valence-corrected chi connectivity index (χ4v) is 1.96. The van der Waals surface area contributed by atoms with Gasteiger partial charge in [0.1, 0.15) is 18.1 Å². The molecule has 0 fully saturated rings. The van der Waals surface area contributed by atoms with Gasteiger partial charge in [-0.2, -0.15) is 0 Å². The molecule has 0 aliphatic heterocycles. The molecule has 2 aromatic carbocycles. The zero-order valence-electron chi connectivity index (χ0n) is 12.5. The fourth-order valence-electron chi connectivity index (χ4n) is 1.96. The van der Waals surface area contributed by atoms with Gasteiger partial charge in [-0.15, -0.1) is 0 Å². The van der Waals surface area contributed by atoms with E-state index in [9.17, 15) is 0 Å². The first-order chi connectivity index (χ1) is 10.3. The second-order valence-electron chi connectivity index (χ2n) is 4.53. The molecule has 0 heterocycles. The molecule has 0 amide bonds. The summed E-state index contributed by atoms with van der Waals surface area (Å²) in [7, 11) is 3.35. The van der Waals surface area contributed by atoms with Crippen LogP contribution in [0.5, 0.6) is 11.5 Å². The maximum Gasteiger partial charge on any atom is 0.123 e. The highest BCUT2D eigenvalue weighted by Crippen LogP contribution is 2.20. The van der Waals surface area contributed by atoms with E-state index >= 15 is 0 Å². The molecule has 0 aliphatic rings. The van der Waals surface area contributed by atoms with Crippen molar-refractivity contribution < 1.29 is 14.2 Å². The largest absolute Gasteiger partial charge is 0.496 e. The Balaban J connectivity index is 1.88. The number of rotatable bonds is 8. The normalized spacial score (nSPS) is 10.2. The molecule has 112 valence electrons. The Labute approximate surface area is 125 Å². The number of anilines is 1. The maximum absolute atomic E-state index is 5.53. The van der Waals surface area contributed by atoms with Crippen molar-refractivity contribution in [1.82, 2.24) is 0 Å². The summed E-state index contributed by atoms with van der Waals surface area (Å²) in [5.74, 6) is 1.74. The monoisotopic (exact) mass is 287 g/mol. The Morgan fingerprint density at radius 1 is 0.905 bits per heavy atom. The van der Waals surface area contributed by atoms with Gasteiger partial charge in [0.05, 0.1) is 13.7 Å². The number of nitrogens with one attached hydrogen (secondary N) is 1. The first-order valence-corrected chi connectivity index (χ1v) is 6.91. The number of para-hydroxylation sites is 1.